The third-order valence-electron chi connectivity index (χ3n) is 3.71. The van der Waals surface area contributed by atoms with Gasteiger partial charge in [0.25, 0.3) is 5.91 Å². The summed E-state index contributed by atoms with van der Waals surface area (Å²) in [7, 11) is 0. The van der Waals surface area contributed by atoms with E-state index < -0.39 is 0 Å². The molecule has 1 aromatic carbocycles. The van der Waals surface area contributed by atoms with Gasteiger partial charge in [-0.05, 0) is 44.0 Å². The third-order valence-corrected chi connectivity index (χ3v) is 3.71. The van der Waals surface area contributed by atoms with Gasteiger partial charge < -0.3 is 15.8 Å². The number of hydrogen-bond acceptors (Lipinski definition) is 4. The van der Waals surface area contributed by atoms with E-state index in [1.807, 2.05) is 44.2 Å². The first-order valence-electron chi connectivity index (χ1n) is 8.29. The average Bonchev–Trinajstić information content (AvgIpc) is 2.51. The molecule has 0 bridgehead atoms. The predicted molar refractivity (Wildman–Crippen MR) is 97.5 cm³/mol. The lowest BCUT2D eigenvalue weighted by Gasteiger charge is -2.12. The highest BCUT2D eigenvalue weighted by atomic mass is 16.5. The molecule has 1 amide bonds. The van der Waals surface area contributed by atoms with Gasteiger partial charge in [0.2, 0.25) is 0 Å². The van der Waals surface area contributed by atoms with Crippen LogP contribution < -0.4 is 15.8 Å². The Morgan fingerprint density at radius 1 is 1.25 bits per heavy atom. The Balaban J connectivity index is 2.07. The molecule has 0 aliphatic carbocycles. The molecule has 24 heavy (non-hydrogen) atoms. The number of hydrogen-bond donors (Lipinski definition) is 2. The van der Waals surface area contributed by atoms with E-state index in [2.05, 4.69) is 17.2 Å². The van der Waals surface area contributed by atoms with Crippen molar-refractivity contribution in [3.8, 4) is 5.75 Å². The summed E-state index contributed by atoms with van der Waals surface area (Å²) >= 11 is 0. The van der Waals surface area contributed by atoms with Crippen molar-refractivity contribution in [1.29, 1.82) is 0 Å². The fraction of sp³-hybridized carbons (Fsp3) is 0.368. The van der Waals surface area contributed by atoms with E-state index in [4.69, 9.17) is 10.5 Å². The fourth-order valence-electron chi connectivity index (χ4n) is 2.56. The molecule has 5 nitrogen and oxygen atoms in total. The summed E-state index contributed by atoms with van der Waals surface area (Å²) in [6.45, 7) is 6.54. The molecule has 3 N–H and O–H groups in total. The molecule has 1 heterocycles. The number of anilines is 2. The zero-order valence-corrected chi connectivity index (χ0v) is 14.6. The average molecular weight is 327 g/mol. The monoisotopic (exact) mass is 327 g/mol. The zero-order chi connectivity index (χ0) is 17.5. The summed E-state index contributed by atoms with van der Waals surface area (Å²) in [5.41, 5.74) is 8.59. The molecule has 0 fully saturated rings. The van der Waals surface area contributed by atoms with Gasteiger partial charge in [0, 0.05) is 17.4 Å². The number of nitrogen functional groups attached to an aromatic ring is 1. The number of benzene rings is 1. The smallest absolute Gasteiger partial charge is 0.259 e. The lowest BCUT2D eigenvalue weighted by Crippen LogP contribution is -2.17. The van der Waals surface area contributed by atoms with E-state index in [0.717, 1.165) is 36.3 Å². The minimum atomic E-state index is -0.263. The van der Waals surface area contributed by atoms with Gasteiger partial charge in [0.15, 0.2) is 0 Å². The van der Waals surface area contributed by atoms with Crippen molar-refractivity contribution in [2.24, 2.45) is 0 Å². The van der Waals surface area contributed by atoms with Gasteiger partial charge in [-0.1, -0.05) is 25.8 Å². The van der Waals surface area contributed by atoms with E-state index >= 15 is 0 Å². The van der Waals surface area contributed by atoms with E-state index in [1.54, 1.807) is 0 Å². The van der Waals surface area contributed by atoms with E-state index in [0.29, 0.717) is 17.9 Å². The minimum Gasteiger partial charge on any atom is -0.494 e. The Kier molecular flexibility index (Phi) is 6.18. The molecule has 0 unspecified atom stereocenters. The van der Waals surface area contributed by atoms with Gasteiger partial charge in [-0.25, -0.2) is 4.98 Å². The molecule has 0 aliphatic heterocycles. The summed E-state index contributed by atoms with van der Waals surface area (Å²) in [6, 6.07) is 9.22. The summed E-state index contributed by atoms with van der Waals surface area (Å²) in [5, 5.41) is 2.86. The first kappa shape index (κ1) is 17.8. The Bertz CT molecular complexity index is 691. The molecule has 5 heteroatoms. The van der Waals surface area contributed by atoms with E-state index in [1.165, 1.54) is 0 Å². The summed E-state index contributed by atoms with van der Waals surface area (Å²) in [5.74, 6) is 0.730. The SMILES string of the molecule is CCCCCOc1cccc(NC(=O)c2c(C)cc(C)nc2N)c1. The number of carbonyl (C=O) groups excluding carboxylic acids is 1. The van der Waals surface area contributed by atoms with Crippen molar-refractivity contribution in [3.63, 3.8) is 0 Å². The van der Waals surface area contributed by atoms with Crippen LogP contribution in [0.25, 0.3) is 0 Å². The topological polar surface area (TPSA) is 77.2 Å². The second kappa shape index (κ2) is 8.34. The molecule has 2 rings (SSSR count). The van der Waals surface area contributed by atoms with Crippen LogP contribution in [0.1, 0.15) is 47.8 Å². The molecular formula is C19H25N3O2. The van der Waals surface area contributed by atoms with Gasteiger partial charge >= 0.3 is 0 Å². The number of aromatic nitrogens is 1. The van der Waals surface area contributed by atoms with Crippen LogP contribution in [0.4, 0.5) is 11.5 Å². The lowest BCUT2D eigenvalue weighted by molar-refractivity contribution is 0.102. The molecule has 0 saturated carbocycles. The summed E-state index contributed by atoms with van der Waals surface area (Å²) < 4.78 is 5.71. The van der Waals surface area contributed by atoms with Crippen LogP contribution in [0.2, 0.25) is 0 Å². The number of aryl methyl sites for hydroxylation is 2. The molecule has 128 valence electrons. The molecular weight excluding hydrogens is 302 g/mol. The highest BCUT2D eigenvalue weighted by Crippen LogP contribution is 2.21. The van der Waals surface area contributed by atoms with Crippen molar-refractivity contribution >= 4 is 17.4 Å². The highest BCUT2D eigenvalue weighted by molar-refractivity contribution is 6.08. The normalized spacial score (nSPS) is 10.5. The van der Waals surface area contributed by atoms with Crippen molar-refractivity contribution in [2.45, 2.75) is 40.0 Å². The van der Waals surface area contributed by atoms with Crippen LogP contribution in [0.15, 0.2) is 30.3 Å². The predicted octanol–water partition coefficient (Wildman–Crippen LogP) is 4.10. The third kappa shape index (κ3) is 4.72. The maximum Gasteiger partial charge on any atom is 0.259 e. The first-order valence-corrected chi connectivity index (χ1v) is 8.29. The molecule has 0 spiro atoms. The molecule has 0 radical (unpaired) electrons. The van der Waals surface area contributed by atoms with Crippen LogP contribution >= 0.6 is 0 Å². The van der Waals surface area contributed by atoms with Crippen LogP contribution in [0, 0.1) is 13.8 Å². The number of nitrogens with one attached hydrogen (secondary N) is 1. The Morgan fingerprint density at radius 2 is 2.04 bits per heavy atom. The van der Waals surface area contributed by atoms with Crippen molar-refractivity contribution in [3.05, 3.63) is 47.2 Å². The quantitative estimate of drug-likeness (QED) is 0.751. The number of nitrogens with zero attached hydrogens (tertiary/aromatic N) is 1. The molecule has 2 aromatic rings. The van der Waals surface area contributed by atoms with Crippen LogP contribution in [-0.2, 0) is 0 Å². The Labute approximate surface area is 143 Å². The van der Waals surface area contributed by atoms with E-state index in [9.17, 15) is 4.79 Å². The molecule has 0 atom stereocenters. The van der Waals surface area contributed by atoms with Crippen molar-refractivity contribution in [1.82, 2.24) is 4.98 Å². The number of nitrogens with two attached hydrogens (primary N) is 1. The summed E-state index contributed by atoms with van der Waals surface area (Å²) in [4.78, 5) is 16.7. The standard InChI is InChI=1S/C19H25N3O2/c1-4-5-6-10-24-16-9-7-8-15(12-16)22-19(23)17-13(2)11-14(3)21-18(17)20/h7-9,11-12H,4-6,10H2,1-3H3,(H2,20,21)(H,22,23). The Hall–Kier alpha value is -2.56. The Morgan fingerprint density at radius 3 is 2.75 bits per heavy atom. The number of unbranched alkanes of at least 4 members (excludes halogenated alkanes) is 2. The van der Waals surface area contributed by atoms with Gasteiger partial charge in [-0.2, -0.15) is 0 Å². The largest absolute Gasteiger partial charge is 0.494 e. The number of ether oxygens (including phenoxy) is 1. The van der Waals surface area contributed by atoms with Crippen LogP contribution in [0.5, 0.6) is 5.75 Å². The number of amides is 1. The van der Waals surface area contributed by atoms with Gasteiger partial charge in [0.05, 0.1) is 12.2 Å². The highest BCUT2D eigenvalue weighted by Gasteiger charge is 2.15. The maximum absolute atomic E-state index is 12.5. The second-order valence-corrected chi connectivity index (χ2v) is 5.88. The van der Waals surface area contributed by atoms with Crippen LogP contribution in [-0.4, -0.2) is 17.5 Å². The first-order chi connectivity index (χ1) is 11.5. The number of pyridine rings is 1. The van der Waals surface area contributed by atoms with Gasteiger partial charge in [-0.3, -0.25) is 4.79 Å². The van der Waals surface area contributed by atoms with Crippen molar-refractivity contribution in [2.75, 3.05) is 17.7 Å². The summed E-state index contributed by atoms with van der Waals surface area (Å²) in [6.07, 6.45) is 3.33. The van der Waals surface area contributed by atoms with Gasteiger partial charge in [0.1, 0.15) is 11.6 Å². The van der Waals surface area contributed by atoms with E-state index in [-0.39, 0.29) is 11.7 Å². The number of carbonyl (C=O) groups is 1. The lowest BCUT2D eigenvalue weighted by atomic mass is 10.1. The number of rotatable bonds is 7. The maximum atomic E-state index is 12.5. The van der Waals surface area contributed by atoms with Gasteiger partial charge in [-0.15, -0.1) is 0 Å². The minimum absolute atomic E-state index is 0.247. The molecule has 0 saturated heterocycles. The molecule has 1 aromatic heterocycles. The van der Waals surface area contributed by atoms with Crippen LogP contribution in [0.3, 0.4) is 0 Å². The fourth-order valence-corrected chi connectivity index (χ4v) is 2.56. The van der Waals surface area contributed by atoms with Crippen molar-refractivity contribution < 1.29 is 9.53 Å². The second-order valence-electron chi connectivity index (χ2n) is 5.88. The molecule has 0 aliphatic rings. The zero-order valence-electron chi connectivity index (χ0n) is 14.6.